The number of aromatic nitrogens is 1. The lowest BCUT2D eigenvalue weighted by atomic mass is 9.69. The highest BCUT2D eigenvalue weighted by Gasteiger charge is 2.49. The van der Waals surface area contributed by atoms with Crippen LogP contribution in [0.1, 0.15) is 70.2 Å². The van der Waals surface area contributed by atoms with E-state index in [0.29, 0.717) is 19.0 Å². The van der Waals surface area contributed by atoms with Crippen LogP contribution >= 0.6 is 0 Å². The molecule has 2 atom stereocenters. The molecule has 8 heteroatoms. The summed E-state index contributed by atoms with van der Waals surface area (Å²) in [5, 5.41) is 11.8. The molecule has 206 valence electrons. The fourth-order valence-electron chi connectivity index (χ4n) is 5.74. The Morgan fingerprint density at radius 1 is 1.21 bits per heavy atom. The molecule has 1 aromatic carbocycles. The topological polar surface area (TPSA) is 88.8 Å². The molecule has 4 rings (SSSR count). The summed E-state index contributed by atoms with van der Waals surface area (Å²) < 4.78 is 21.1. The van der Waals surface area contributed by atoms with E-state index in [-0.39, 0.29) is 48.1 Å². The summed E-state index contributed by atoms with van der Waals surface area (Å²) in [5.41, 5.74) is -2.17. The summed E-state index contributed by atoms with van der Waals surface area (Å²) in [6, 6.07) is 7.16. The molecule has 2 fully saturated rings. The number of ether oxygens (including phenoxy) is 1. The Labute approximate surface area is 223 Å². The fourth-order valence-corrected chi connectivity index (χ4v) is 5.74. The lowest BCUT2D eigenvalue weighted by molar-refractivity contribution is -0.157. The van der Waals surface area contributed by atoms with E-state index in [1.54, 1.807) is 13.0 Å². The van der Waals surface area contributed by atoms with Crippen LogP contribution in [0.2, 0.25) is 0 Å². The normalized spacial score (nSPS) is 22.0. The van der Waals surface area contributed by atoms with Crippen LogP contribution in [0.25, 0.3) is 11.1 Å². The van der Waals surface area contributed by atoms with Crippen LogP contribution in [-0.4, -0.2) is 51.7 Å². The van der Waals surface area contributed by atoms with Crippen LogP contribution in [0.15, 0.2) is 41.3 Å². The van der Waals surface area contributed by atoms with Gasteiger partial charge in [0.15, 0.2) is 0 Å². The molecule has 2 unspecified atom stereocenters. The number of pyridine rings is 1. The Hall–Kier alpha value is -3.00. The van der Waals surface area contributed by atoms with E-state index in [1.807, 2.05) is 25.7 Å². The zero-order valence-electron chi connectivity index (χ0n) is 22.8. The maximum absolute atomic E-state index is 14.6. The molecule has 38 heavy (non-hydrogen) atoms. The number of carbonyl (C=O) groups excluding carboxylic acids is 2. The van der Waals surface area contributed by atoms with Gasteiger partial charge in [-0.05, 0) is 31.7 Å². The van der Waals surface area contributed by atoms with Gasteiger partial charge in [0.2, 0.25) is 5.91 Å². The number of rotatable bonds is 8. The number of esters is 1. The summed E-state index contributed by atoms with van der Waals surface area (Å²) in [6.07, 6.45) is 6.18. The SMILES string of the molecule is CCOC(=O)c1cn(CC2(O)CCN(C(=O)C(C)CC3CCC3)CC2(C)C)c(=O)cc1-c1ccccc1F. The van der Waals surface area contributed by atoms with Gasteiger partial charge < -0.3 is 19.3 Å². The fraction of sp³-hybridized carbons (Fsp3) is 0.567. The molecule has 1 saturated heterocycles. The van der Waals surface area contributed by atoms with Gasteiger partial charge in [-0.2, -0.15) is 0 Å². The van der Waals surface area contributed by atoms with Gasteiger partial charge in [0.25, 0.3) is 5.56 Å². The second-order valence-corrected chi connectivity index (χ2v) is 11.6. The maximum atomic E-state index is 14.6. The molecule has 2 heterocycles. The molecule has 1 aliphatic heterocycles. The molecule has 2 aromatic rings. The van der Waals surface area contributed by atoms with Crippen molar-refractivity contribution in [2.75, 3.05) is 19.7 Å². The molecule has 0 bridgehead atoms. The average molecular weight is 527 g/mol. The molecule has 1 saturated carbocycles. The van der Waals surface area contributed by atoms with Gasteiger partial charge in [-0.3, -0.25) is 9.59 Å². The number of carbonyl (C=O) groups is 2. The minimum Gasteiger partial charge on any atom is -0.462 e. The first-order chi connectivity index (χ1) is 18.0. The maximum Gasteiger partial charge on any atom is 0.340 e. The van der Waals surface area contributed by atoms with Crippen molar-refractivity contribution in [1.29, 1.82) is 0 Å². The smallest absolute Gasteiger partial charge is 0.340 e. The molecule has 1 aromatic heterocycles. The lowest BCUT2D eigenvalue weighted by Crippen LogP contribution is -2.61. The van der Waals surface area contributed by atoms with Crippen molar-refractivity contribution in [3.63, 3.8) is 0 Å². The van der Waals surface area contributed by atoms with E-state index < -0.39 is 28.4 Å². The summed E-state index contributed by atoms with van der Waals surface area (Å²) in [4.78, 5) is 41.0. The number of benzene rings is 1. The van der Waals surface area contributed by atoms with Gasteiger partial charge in [0.05, 0.1) is 24.3 Å². The second kappa shape index (κ2) is 11.0. The third kappa shape index (κ3) is 5.55. The van der Waals surface area contributed by atoms with Gasteiger partial charge in [-0.15, -0.1) is 0 Å². The Kier molecular flexibility index (Phi) is 8.12. The van der Waals surface area contributed by atoms with Crippen molar-refractivity contribution >= 4 is 11.9 Å². The van der Waals surface area contributed by atoms with E-state index in [0.717, 1.165) is 6.42 Å². The first-order valence-corrected chi connectivity index (χ1v) is 13.6. The Balaban J connectivity index is 1.59. The van der Waals surface area contributed by atoms with Crippen molar-refractivity contribution in [3.8, 4) is 11.1 Å². The zero-order chi connectivity index (χ0) is 27.7. The molecule has 1 N–H and O–H groups in total. The number of hydrogen-bond donors (Lipinski definition) is 1. The highest BCUT2D eigenvalue weighted by molar-refractivity contribution is 5.97. The van der Waals surface area contributed by atoms with E-state index in [9.17, 15) is 23.9 Å². The third-order valence-corrected chi connectivity index (χ3v) is 8.50. The Morgan fingerprint density at radius 3 is 2.53 bits per heavy atom. The quantitative estimate of drug-likeness (QED) is 0.506. The number of hydrogen-bond acceptors (Lipinski definition) is 5. The predicted octanol–water partition coefficient (Wildman–Crippen LogP) is 4.65. The number of piperidine rings is 1. The summed E-state index contributed by atoms with van der Waals surface area (Å²) in [6.45, 7) is 8.26. The third-order valence-electron chi connectivity index (χ3n) is 8.50. The predicted molar refractivity (Wildman–Crippen MR) is 143 cm³/mol. The highest BCUT2D eigenvalue weighted by atomic mass is 19.1. The van der Waals surface area contributed by atoms with Gasteiger partial charge in [0, 0.05) is 47.8 Å². The molecule has 1 aliphatic carbocycles. The lowest BCUT2D eigenvalue weighted by Gasteiger charge is -2.51. The standard InChI is InChI=1S/C30H39FN2O5/c1-5-38-28(36)24-17-33(26(34)16-23(24)22-11-6-7-12-25(22)31)19-30(37)13-14-32(18-29(30,3)4)27(35)20(2)15-21-9-8-10-21/h6-7,11-12,16-17,20-21,37H,5,8-10,13-15,18-19H2,1-4H3. The monoisotopic (exact) mass is 526 g/mol. The van der Waals surface area contributed by atoms with Crippen LogP contribution in [0, 0.1) is 23.1 Å². The van der Waals surface area contributed by atoms with Gasteiger partial charge in [0.1, 0.15) is 5.82 Å². The van der Waals surface area contributed by atoms with Gasteiger partial charge in [-0.25, -0.2) is 9.18 Å². The minimum atomic E-state index is -1.31. The molecule has 1 amide bonds. The second-order valence-electron chi connectivity index (χ2n) is 11.6. The van der Waals surface area contributed by atoms with E-state index in [2.05, 4.69) is 0 Å². The van der Waals surface area contributed by atoms with E-state index >= 15 is 0 Å². The van der Waals surface area contributed by atoms with Crippen molar-refractivity contribution in [2.45, 2.75) is 71.9 Å². The minimum absolute atomic E-state index is 0.0513. The van der Waals surface area contributed by atoms with Gasteiger partial charge >= 0.3 is 5.97 Å². The van der Waals surface area contributed by atoms with Crippen LogP contribution < -0.4 is 5.56 Å². The van der Waals surface area contributed by atoms with E-state index in [4.69, 9.17) is 4.74 Å². The van der Waals surface area contributed by atoms with Crippen LogP contribution in [0.5, 0.6) is 0 Å². The first kappa shape index (κ1) is 28.0. The molecular formula is C30H39FN2O5. The summed E-state index contributed by atoms with van der Waals surface area (Å²) >= 11 is 0. The van der Waals surface area contributed by atoms with Crippen molar-refractivity contribution in [2.24, 2.45) is 17.3 Å². The molecule has 2 aliphatic rings. The van der Waals surface area contributed by atoms with Crippen LogP contribution in [-0.2, 0) is 16.1 Å². The highest BCUT2D eigenvalue weighted by Crippen LogP contribution is 2.41. The molecule has 0 radical (unpaired) electrons. The molecule has 0 spiro atoms. The van der Waals surface area contributed by atoms with Crippen molar-refractivity contribution in [3.05, 3.63) is 58.3 Å². The van der Waals surface area contributed by atoms with Crippen LogP contribution in [0.3, 0.4) is 0 Å². The number of nitrogens with zero attached hydrogens (tertiary/aromatic N) is 2. The number of aliphatic hydroxyl groups is 1. The number of likely N-dealkylation sites (tertiary alicyclic amines) is 1. The zero-order valence-corrected chi connectivity index (χ0v) is 22.8. The average Bonchev–Trinajstić information content (AvgIpc) is 2.84. The largest absolute Gasteiger partial charge is 0.462 e. The first-order valence-electron chi connectivity index (χ1n) is 13.6. The molecular weight excluding hydrogens is 487 g/mol. The Bertz CT molecular complexity index is 1250. The van der Waals surface area contributed by atoms with Crippen LogP contribution in [0.4, 0.5) is 4.39 Å². The van der Waals surface area contributed by atoms with Crippen molar-refractivity contribution < 1.29 is 23.8 Å². The molecule has 7 nitrogen and oxygen atoms in total. The number of amides is 1. The van der Waals surface area contributed by atoms with E-state index in [1.165, 1.54) is 54.3 Å². The Morgan fingerprint density at radius 2 is 1.92 bits per heavy atom. The van der Waals surface area contributed by atoms with Crippen molar-refractivity contribution in [1.82, 2.24) is 9.47 Å². The van der Waals surface area contributed by atoms with Gasteiger partial charge in [-0.1, -0.05) is 58.2 Å². The number of halogens is 1. The summed E-state index contributed by atoms with van der Waals surface area (Å²) in [5.74, 6) is -0.535. The summed E-state index contributed by atoms with van der Waals surface area (Å²) in [7, 11) is 0.